The van der Waals surface area contributed by atoms with Crippen molar-refractivity contribution >= 4 is 28.2 Å². The summed E-state index contributed by atoms with van der Waals surface area (Å²) in [7, 11) is 0. The zero-order valence-electron chi connectivity index (χ0n) is 15.6. The first-order chi connectivity index (χ1) is 13.5. The SMILES string of the molecule is C=C(C)c1c(-c2cc(C)nc(Cl)c2)c(-c2ccccc2)nc2[nH]ccc(=O)c12. The van der Waals surface area contributed by atoms with Gasteiger partial charge in [0.1, 0.15) is 10.8 Å². The van der Waals surface area contributed by atoms with Crippen molar-refractivity contribution in [3.05, 3.63) is 87.9 Å². The van der Waals surface area contributed by atoms with E-state index in [1.54, 1.807) is 12.3 Å². The number of nitrogens with zero attached hydrogens (tertiary/aromatic N) is 2. The lowest BCUT2D eigenvalue weighted by molar-refractivity contribution is 1.20. The van der Waals surface area contributed by atoms with Crippen LogP contribution < -0.4 is 5.43 Å². The molecular weight excluding hydrogens is 370 g/mol. The Morgan fingerprint density at radius 2 is 1.82 bits per heavy atom. The number of hydrogen-bond donors (Lipinski definition) is 1. The van der Waals surface area contributed by atoms with Crippen LogP contribution in [0.2, 0.25) is 5.15 Å². The first-order valence-corrected chi connectivity index (χ1v) is 9.25. The molecule has 1 N–H and O–H groups in total. The van der Waals surface area contributed by atoms with E-state index < -0.39 is 0 Å². The van der Waals surface area contributed by atoms with Crippen LogP contribution in [-0.2, 0) is 0 Å². The predicted molar refractivity (Wildman–Crippen MR) is 115 cm³/mol. The van der Waals surface area contributed by atoms with E-state index in [4.69, 9.17) is 16.6 Å². The highest BCUT2D eigenvalue weighted by Crippen LogP contribution is 2.39. The van der Waals surface area contributed by atoms with E-state index in [2.05, 4.69) is 16.5 Å². The number of halogens is 1. The molecule has 3 aromatic heterocycles. The average molecular weight is 388 g/mol. The van der Waals surface area contributed by atoms with Crippen LogP contribution >= 0.6 is 11.6 Å². The fourth-order valence-corrected chi connectivity index (χ4v) is 3.75. The number of aromatic amines is 1. The molecule has 0 aliphatic rings. The van der Waals surface area contributed by atoms with Crippen LogP contribution in [0.4, 0.5) is 0 Å². The highest BCUT2D eigenvalue weighted by Gasteiger charge is 2.21. The molecule has 1 aromatic carbocycles. The number of H-pyrrole nitrogens is 1. The minimum atomic E-state index is -0.100. The Hall–Kier alpha value is -3.24. The van der Waals surface area contributed by atoms with Crippen molar-refractivity contribution in [1.29, 1.82) is 0 Å². The number of aromatic nitrogens is 3. The van der Waals surface area contributed by atoms with Gasteiger partial charge in [-0.2, -0.15) is 0 Å². The Morgan fingerprint density at radius 3 is 2.50 bits per heavy atom. The van der Waals surface area contributed by atoms with Crippen molar-refractivity contribution in [3.63, 3.8) is 0 Å². The molecule has 4 aromatic rings. The van der Waals surface area contributed by atoms with Gasteiger partial charge in [-0.05, 0) is 37.1 Å². The molecular formula is C23H18ClN3O. The molecule has 0 amide bonds. The zero-order chi connectivity index (χ0) is 19.8. The standard InChI is InChI=1S/C23H18ClN3O/c1-13(2)19-20(16-11-14(3)26-18(24)12-16)22(15-7-5-4-6-8-15)27-23-21(19)17(28)9-10-25-23/h4-12H,1H2,2-3H3,(H,25,27,28). The van der Waals surface area contributed by atoms with Gasteiger partial charge in [0.2, 0.25) is 0 Å². The quantitative estimate of drug-likeness (QED) is 0.462. The van der Waals surface area contributed by atoms with Crippen molar-refractivity contribution in [2.24, 2.45) is 0 Å². The first-order valence-electron chi connectivity index (χ1n) is 8.87. The minimum absolute atomic E-state index is 0.100. The summed E-state index contributed by atoms with van der Waals surface area (Å²) in [5, 5.41) is 0.916. The third kappa shape index (κ3) is 3.12. The van der Waals surface area contributed by atoms with Gasteiger partial charge in [0, 0.05) is 34.6 Å². The largest absolute Gasteiger partial charge is 0.346 e. The lowest BCUT2D eigenvalue weighted by Crippen LogP contribution is -2.08. The minimum Gasteiger partial charge on any atom is -0.346 e. The molecule has 0 saturated carbocycles. The Morgan fingerprint density at radius 1 is 1.07 bits per heavy atom. The summed E-state index contributed by atoms with van der Waals surface area (Å²) in [6.07, 6.45) is 1.61. The monoisotopic (exact) mass is 387 g/mol. The second-order valence-corrected chi connectivity index (χ2v) is 7.13. The lowest BCUT2D eigenvalue weighted by atomic mass is 9.89. The molecule has 0 saturated heterocycles. The van der Waals surface area contributed by atoms with Crippen LogP contribution in [0, 0.1) is 6.92 Å². The van der Waals surface area contributed by atoms with Gasteiger partial charge in [0.25, 0.3) is 0 Å². The van der Waals surface area contributed by atoms with Crippen LogP contribution in [0.3, 0.4) is 0 Å². The molecule has 0 radical (unpaired) electrons. The zero-order valence-corrected chi connectivity index (χ0v) is 16.3. The van der Waals surface area contributed by atoms with Crippen LogP contribution in [0.25, 0.3) is 39.0 Å². The maximum absolute atomic E-state index is 12.7. The van der Waals surface area contributed by atoms with E-state index in [0.29, 0.717) is 16.2 Å². The molecule has 0 fully saturated rings. The van der Waals surface area contributed by atoms with Gasteiger partial charge in [-0.15, -0.1) is 0 Å². The Kier molecular flexibility index (Phi) is 4.57. The number of allylic oxidation sites excluding steroid dienone is 1. The fraction of sp³-hybridized carbons (Fsp3) is 0.0870. The van der Waals surface area contributed by atoms with Gasteiger partial charge < -0.3 is 4.98 Å². The smallest absolute Gasteiger partial charge is 0.191 e. The van der Waals surface area contributed by atoms with Crippen LogP contribution in [0.1, 0.15) is 18.2 Å². The van der Waals surface area contributed by atoms with Gasteiger partial charge in [0.15, 0.2) is 5.43 Å². The second kappa shape index (κ2) is 7.06. The molecule has 4 rings (SSSR count). The lowest BCUT2D eigenvalue weighted by Gasteiger charge is -2.18. The summed E-state index contributed by atoms with van der Waals surface area (Å²) in [5.74, 6) is 0. The van der Waals surface area contributed by atoms with Gasteiger partial charge >= 0.3 is 0 Å². The van der Waals surface area contributed by atoms with E-state index in [-0.39, 0.29) is 5.43 Å². The first kappa shape index (κ1) is 18.1. The predicted octanol–water partition coefficient (Wildman–Crippen LogP) is 5.65. The topological polar surface area (TPSA) is 58.6 Å². The molecule has 0 spiro atoms. The number of aryl methyl sites for hydroxylation is 1. The molecule has 138 valence electrons. The molecule has 28 heavy (non-hydrogen) atoms. The Labute approximate surface area is 167 Å². The van der Waals surface area contributed by atoms with Crippen molar-refractivity contribution in [2.75, 3.05) is 0 Å². The van der Waals surface area contributed by atoms with Crippen molar-refractivity contribution < 1.29 is 0 Å². The summed E-state index contributed by atoms with van der Waals surface area (Å²) < 4.78 is 0. The van der Waals surface area contributed by atoms with Gasteiger partial charge in [-0.25, -0.2) is 9.97 Å². The van der Waals surface area contributed by atoms with E-state index in [1.807, 2.05) is 50.2 Å². The highest BCUT2D eigenvalue weighted by atomic mass is 35.5. The van der Waals surface area contributed by atoms with E-state index in [1.165, 1.54) is 6.07 Å². The third-order valence-corrected chi connectivity index (χ3v) is 4.78. The third-order valence-electron chi connectivity index (χ3n) is 4.58. The Balaban J connectivity index is 2.25. The van der Waals surface area contributed by atoms with Crippen LogP contribution in [0.5, 0.6) is 0 Å². The van der Waals surface area contributed by atoms with Crippen molar-refractivity contribution in [2.45, 2.75) is 13.8 Å². The van der Waals surface area contributed by atoms with E-state index in [9.17, 15) is 4.79 Å². The Bertz CT molecular complexity index is 1260. The number of hydrogen-bond acceptors (Lipinski definition) is 3. The normalized spacial score (nSPS) is 11.0. The van der Waals surface area contributed by atoms with Crippen molar-refractivity contribution in [3.8, 4) is 22.4 Å². The number of rotatable bonds is 3. The molecule has 0 aliphatic heterocycles. The molecule has 0 atom stereocenters. The summed E-state index contributed by atoms with van der Waals surface area (Å²) in [4.78, 5) is 24.9. The molecule has 0 aliphatic carbocycles. The van der Waals surface area contributed by atoms with Crippen LogP contribution in [-0.4, -0.2) is 15.0 Å². The summed E-state index contributed by atoms with van der Waals surface area (Å²) in [6, 6.07) is 15.1. The highest BCUT2D eigenvalue weighted by molar-refractivity contribution is 6.29. The maximum Gasteiger partial charge on any atom is 0.191 e. The number of pyridine rings is 3. The van der Waals surface area contributed by atoms with Gasteiger partial charge in [0.05, 0.1) is 11.1 Å². The molecule has 5 heteroatoms. The fourth-order valence-electron chi connectivity index (χ4n) is 3.49. The second-order valence-electron chi connectivity index (χ2n) is 6.74. The van der Waals surface area contributed by atoms with Crippen LogP contribution in [0.15, 0.2) is 66.1 Å². The molecule has 0 unspecified atom stereocenters. The van der Waals surface area contributed by atoms with Crippen molar-refractivity contribution in [1.82, 2.24) is 15.0 Å². The van der Waals surface area contributed by atoms with Gasteiger partial charge in [-0.1, -0.05) is 48.5 Å². The molecule has 0 bridgehead atoms. The number of benzene rings is 1. The van der Waals surface area contributed by atoms with E-state index in [0.717, 1.165) is 39.2 Å². The molecule has 3 heterocycles. The number of nitrogens with one attached hydrogen (secondary N) is 1. The van der Waals surface area contributed by atoms with Gasteiger partial charge in [-0.3, -0.25) is 4.79 Å². The summed E-state index contributed by atoms with van der Waals surface area (Å²) in [6.45, 7) is 7.94. The van der Waals surface area contributed by atoms with E-state index >= 15 is 0 Å². The molecule has 4 nitrogen and oxygen atoms in total. The average Bonchev–Trinajstić information content (AvgIpc) is 2.66. The summed E-state index contributed by atoms with van der Waals surface area (Å²) in [5.41, 5.74) is 6.15. The summed E-state index contributed by atoms with van der Waals surface area (Å²) >= 11 is 6.26. The number of fused-ring (bicyclic) bond motifs is 1. The maximum atomic E-state index is 12.7.